The van der Waals surface area contributed by atoms with Crippen LogP contribution in [0.2, 0.25) is 10.0 Å². The smallest absolute Gasteiger partial charge is 0.265 e. The van der Waals surface area contributed by atoms with E-state index in [4.69, 9.17) is 42.1 Å². The quantitative estimate of drug-likeness (QED) is 0.125. The number of methoxy groups -OCH3 is 4. The van der Waals surface area contributed by atoms with Crippen LogP contribution in [0.5, 0.6) is 23.0 Å². The molecule has 0 aliphatic carbocycles. The van der Waals surface area contributed by atoms with Crippen molar-refractivity contribution in [3.8, 4) is 23.0 Å². The van der Waals surface area contributed by atoms with Crippen molar-refractivity contribution in [3.63, 3.8) is 0 Å². The van der Waals surface area contributed by atoms with Crippen LogP contribution in [0.25, 0.3) is 0 Å². The van der Waals surface area contributed by atoms with Crippen molar-refractivity contribution in [1.82, 2.24) is 10.2 Å². The minimum Gasteiger partial charge on any atom is -0.497 e. The first-order valence-corrected chi connectivity index (χ1v) is 18.6. The Morgan fingerprint density at radius 3 is 2.06 bits per heavy atom. The van der Waals surface area contributed by atoms with Gasteiger partial charge in [0, 0.05) is 31.1 Å². The molecule has 4 aromatic carbocycles. The molecule has 1 N–H and O–H groups in total. The number of nitrogens with zero attached hydrogens (tertiary/aromatic N) is 2. The number of ether oxygens (including phenoxy) is 4. The summed E-state index contributed by atoms with van der Waals surface area (Å²) in [5.41, 5.74) is 1.40. The minimum absolute atomic E-state index is 0.0307. The Morgan fingerprint density at radius 1 is 0.769 bits per heavy atom. The number of amides is 2. The van der Waals surface area contributed by atoms with E-state index in [0.29, 0.717) is 28.5 Å². The summed E-state index contributed by atoms with van der Waals surface area (Å²) < 4.78 is 52.1. The molecule has 0 spiro atoms. The third-order valence-electron chi connectivity index (χ3n) is 8.49. The van der Waals surface area contributed by atoms with E-state index in [0.717, 1.165) is 9.87 Å². The molecule has 0 fully saturated rings. The summed E-state index contributed by atoms with van der Waals surface area (Å²) in [6, 6.07) is 21.7. The zero-order chi connectivity index (χ0) is 38.0. The number of rotatable bonds is 17. The standard InChI is InChI=1S/C38H43Cl2N3O8S/c1-7-25(2)41-38(45)33(20-26-11-9-8-10-12-26)42(23-27-13-16-30(39)31(40)19-27)37(44)24-43(32-21-28(48-3)14-17-34(32)49-4)52(46,47)29-15-18-35(50-5)36(22-29)51-6/h8-19,21-22,25,33H,7,20,23-24H2,1-6H3,(H,41,45)/t25-,33+/m0/s1. The van der Waals surface area contributed by atoms with Gasteiger partial charge < -0.3 is 29.2 Å². The largest absolute Gasteiger partial charge is 0.497 e. The predicted molar refractivity (Wildman–Crippen MR) is 202 cm³/mol. The van der Waals surface area contributed by atoms with Crippen LogP contribution in [0.4, 0.5) is 5.69 Å². The van der Waals surface area contributed by atoms with Crippen LogP contribution in [-0.4, -0.2) is 72.2 Å². The van der Waals surface area contributed by atoms with Crippen molar-refractivity contribution < 1.29 is 37.0 Å². The number of sulfonamides is 1. The summed E-state index contributed by atoms with van der Waals surface area (Å²) in [6.07, 6.45) is 0.790. The topological polar surface area (TPSA) is 124 Å². The normalized spacial score (nSPS) is 12.3. The molecule has 0 saturated carbocycles. The van der Waals surface area contributed by atoms with Gasteiger partial charge in [0.05, 0.1) is 49.1 Å². The first-order chi connectivity index (χ1) is 24.9. The highest BCUT2D eigenvalue weighted by molar-refractivity contribution is 7.92. The summed E-state index contributed by atoms with van der Waals surface area (Å²) in [5, 5.41) is 3.59. The number of halogens is 2. The van der Waals surface area contributed by atoms with Crippen LogP contribution < -0.4 is 28.6 Å². The van der Waals surface area contributed by atoms with Gasteiger partial charge in [0.15, 0.2) is 11.5 Å². The number of nitrogens with one attached hydrogen (secondary N) is 1. The van der Waals surface area contributed by atoms with Crippen molar-refractivity contribution in [1.29, 1.82) is 0 Å². The average Bonchev–Trinajstić information content (AvgIpc) is 3.15. The van der Waals surface area contributed by atoms with Gasteiger partial charge in [-0.25, -0.2) is 8.42 Å². The highest BCUT2D eigenvalue weighted by atomic mass is 35.5. The molecule has 278 valence electrons. The number of hydrogen-bond donors (Lipinski definition) is 1. The second-order valence-electron chi connectivity index (χ2n) is 11.9. The van der Waals surface area contributed by atoms with Gasteiger partial charge in [-0.2, -0.15) is 0 Å². The molecule has 52 heavy (non-hydrogen) atoms. The summed E-state index contributed by atoms with van der Waals surface area (Å²) in [7, 11) is 1.11. The minimum atomic E-state index is -4.54. The fourth-order valence-electron chi connectivity index (χ4n) is 5.44. The molecular formula is C38H43Cl2N3O8S. The van der Waals surface area contributed by atoms with Gasteiger partial charge in [-0.1, -0.05) is 66.5 Å². The molecule has 0 aliphatic rings. The summed E-state index contributed by atoms with van der Waals surface area (Å²) in [5.74, 6) is -0.132. The maximum Gasteiger partial charge on any atom is 0.265 e. The van der Waals surface area contributed by atoms with E-state index >= 15 is 0 Å². The monoisotopic (exact) mass is 771 g/mol. The van der Waals surface area contributed by atoms with E-state index in [2.05, 4.69) is 5.32 Å². The Morgan fingerprint density at radius 2 is 1.44 bits per heavy atom. The molecule has 0 saturated heterocycles. The summed E-state index contributed by atoms with van der Waals surface area (Å²) in [6.45, 7) is 2.98. The van der Waals surface area contributed by atoms with Crippen LogP contribution in [0.15, 0.2) is 89.8 Å². The van der Waals surface area contributed by atoms with E-state index in [-0.39, 0.29) is 46.1 Å². The van der Waals surface area contributed by atoms with Crippen molar-refractivity contribution in [2.45, 2.75) is 50.2 Å². The molecule has 14 heteroatoms. The molecule has 0 radical (unpaired) electrons. The third-order valence-corrected chi connectivity index (χ3v) is 11.0. The highest BCUT2D eigenvalue weighted by Gasteiger charge is 2.36. The first kappa shape index (κ1) is 40.1. The van der Waals surface area contributed by atoms with Crippen molar-refractivity contribution in [2.24, 2.45) is 0 Å². The number of anilines is 1. The first-order valence-electron chi connectivity index (χ1n) is 16.4. The Kier molecular flexibility index (Phi) is 14.1. The molecule has 2 amide bonds. The van der Waals surface area contributed by atoms with Crippen LogP contribution in [0.1, 0.15) is 31.4 Å². The molecule has 0 unspecified atom stereocenters. The zero-order valence-corrected chi connectivity index (χ0v) is 32.2. The summed E-state index contributed by atoms with van der Waals surface area (Å²) >= 11 is 12.6. The van der Waals surface area contributed by atoms with E-state index < -0.39 is 34.4 Å². The number of carbonyl (C=O) groups excluding carboxylic acids is 2. The molecule has 4 rings (SSSR count). The lowest BCUT2D eigenvalue weighted by Gasteiger charge is -2.34. The lowest BCUT2D eigenvalue weighted by molar-refractivity contribution is -0.140. The van der Waals surface area contributed by atoms with Crippen LogP contribution in [0, 0.1) is 0 Å². The van der Waals surface area contributed by atoms with E-state index in [1.54, 1.807) is 30.3 Å². The molecular weight excluding hydrogens is 729 g/mol. The Bertz CT molecular complexity index is 1960. The third kappa shape index (κ3) is 9.61. The Balaban J connectivity index is 1.92. The van der Waals surface area contributed by atoms with E-state index in [9.17, 15) is 18.0 Å². The van der Waals surface area contributed by atoms with Crippen molar-refractivity contribution in [2.75, 3.05) is 39.3 Å². The Hall–Kier alpha value is -4.65. The maximum absolute atomic E-state index is 14.9. The predicted octanol–water partition coefficient (Wildman–Crippen LogP) is 6.78. The maximum atomic E-state index is 14.9. The number of hydrogen-bond acceptors (Lipinski definition) is 8. The van der Waals surface area contributed by atoms with Crippen molar-refractivity contribution in [3.05, 3.63) is 106 Å². The van der Waals surface area contributed by atoms with E-state index in [1.807, 2.05) is 44.2 Å². The summed E-state index contributed by atoms with van der Waals surface area (Å²) in [4.78, 5) is 30.2. The van der Waals surface area contributed by atoms with Crippen LogP contribution in [-0.2, 0) is 32.6 Å². The van der Waals surface area contributed by atoms with Gasteiger partial charge in [0.2, 0.25) is 11.8 Å². The lowest BCUT2D eigenvalue weighted by atomic mass is 10.0. The van der Waals surface area contributed by atoms with Gasteiger partial charge in [-0.15, -0.1) is 0 Å². The second kappa shape index (κ2) is 18.2. The van der Waals surface area contributed by atoms with Gasteiger partial charge in [0.1, 0.15) is 24.1 Å². The molecule has 0 heterocycles. The number of carbonyl (C=O) groups is 2. The second-order valence-corrected chi connectivity index (χ2v) is 14.5. The molecule has 0 bridgehead atoms. The molecule has 2 atom stereocenters. The molecule has 4 aromatic rings. The average molecular weight is 773 g/mol. The van der Waals surface area contributed by atoms with Gasteiger partial charge >= 0.3 is 0 Å². The number of benzene rings is 4. The van der Waals surface area contributed by atoms with Gasteiger partial charge in [-0.3, -0.25) is 13.9 Å². The SMILES string of the molecule is CC[C@H](C)NC(=O)[C@@H](Cc1ccccc1)N(Cc1ccc(Cl)c(Cl)c1)C(=O)CN(c1cc(OC)ccc1OC)S(=O)(=O)c1ccc(OC)c(OC)c1. The van der Waals surface area contributed by atoms with Gasteiger partial charge in [0.25, 0.3) is 10.0 Å². The zero-order valence-electron chi connectivity index (χ0n) is 29.9. The lowest BCUT2D eigenvalue weighted by Crippen LogP contribution is -2.54. The van der Waals surface area contributed by atoms with Crippen molar-refractivity contribution >= 4 is 50.7 Å². The fraction of sp³-hybridized carbons (Fsp3) is 0.316. The highest BCUT2D eigenvalue weighted by Crippen LogP contribution is 2.38. The van der Waals surface area contributed by atoms with Gasteiger partial charge in [-0.05, 0) is 60.9 Å². The van der Waals surface area contributed by atoms with Crippen LogP contribution >= 0.6 is 23.2 Å². The molecule has 11 nitrogen and oxygen atoms in total. The van der Waals surface area contributed by atoms with E-state index in [1.165, 1.54) is 57.6 Å². The molecule has 0 aromatic heterocycles. The molecule has 0 aliphatic heterocycles. The van der Waals surface area contributed by atoms with Crippen LogP contribution in [0.3, 0.4) is 0 Å². The Labute approximate surface area is 315 Å². The fourth-order valence-corrected chi connectivity index (χ4v) is 7.19.